The molecule has 3 heterocycles. The number of thioether (sulfide) groups is 1. The zero-order valence-electron chi connectivity index (χ0n) is 14.2. The van der Waals surface area contributed by atoms with Crippen LogP contribution in [0.5, 0.6) is 0 Å². The van der Waals surface area contributed by atoms with Crippen molar-refractivity contribution in [3.8, 4) is 0 Å². The van der Waals surface area contributed by atoms with Crippen LogP contribution in [0.4, 0.5) is 0 Å². The number of rotatable bonds is 5. The molecule has 0 aromatic carbocycles. The normalized spacial score (nSPS) is 11.4. The monoisotopic (exact) mass is 379 g/mol. The Kier molecular flexibility index (Phi) is 4.91. The second kappa shape index (κ2) is 6.96. The van der Waals surface area contributed by atoms with Crippen LogP contribution in [0.2, 0.25) is 0 Å². The van der Waals surface area contributed by atoms with E-state index in [1.807, 2.05) is 18.4 Å². The number of nitrogens with zero attached hydrogens (tertiary/aromatic N) is 4. The number of H-pyrrole nitrogens is 1. The van der Waals surface area contributed by atoms with E-state index in [4.69, 9.17) is 4.74 Å². The van der Waals surface area contributed by atoms with Crippen LogP contribution in [0, 0.1) is 6.92 Å². The van der Waals surface area contributed by atoms with Gasteiger partial charge in [0, 0.05) is 6.04 Å². The number of aromatic nitrogens is 5. The van der Waals surface area contributed by atoms with Gasteiger partial charge in [-0.3, -0.25) is 4.79 Å². The first-order valence-electron chi connectivity index (χ1n) is 7.55. The molecule has 0 aliphatic heterocycles. The summed E-state index contributed by atoms with van der Waals surface area (Å²) >= 11 is 2.61. The molecule has 0 fully saturated rings. The quantitative estimate of drug-likeness (QED) is 0.537. The fourth-order valence-electron chi connectivity index (χ4n) is 2.37. The number of aromatic amines is 1. The minimum atomic E-state index is -0.458. The third kappa shape index (κ3) is 3.31. The summed E-state index contributed by atoms with van der Waals surface area (Å²) in [6.45, 7) is 5.81. The summed E-state index contributed by atoms with van der Waals surface area (Å²) in [5.41, 5.74) is 0.342. The summed E-state index contributed by atoms with van der Waals surface area (Å²) < 4.78 is 6.71. The molecular weight excluding hydrogens is 362 g/mol. The first-order chi connectivity index (χ1) is 11.9. The van der Waals surface area contributed by atoms with Gasteiger partial charge < -0.3 is 14.3 Å². The van der Waals surface area contributed by atoms with E-state index in [-0.39, 0.29) is 11.6 Å². The van der Waals surface area contributed by atoms with Gasteiger partial charge in [-0.25, -0.2) is 9.78 Å². The van der Waals surface area contributed by atoms with Crippen molar-refractivity contribution in [2.75, 3.05) is 7.11 Å². The molecule has 10 heteroatoms. The highest BCUT2D eigenvalue weighted by atomic mass is 32.2. The minimum absolute atomic E-state index is 0.245. The molecule has 132 valence electrons. The lowest BCUT2D eigenvalue weighted by Crippen LogP contribution is -2.11. The molecule has 3 rings (SSSR count). The van der Waals surface area contributed by atoms with E-state index in [0.717, 1.165) is 5.16 Å². The van der Waals surface area contributed by atoms with Crippen LogP contribution in [0.15, 0.2) is 16.3 Å². The predicted molar refractivity (Wildman–Crippen MR) is 96.3 cm³/mol. The molecule has 0 amide bonds. The number of nitrogens with one attached hydrogen (secondary N) is 1. The topological polar surface area (TPSA) is 103 Å². The third-order valence-corrected chi connectivity index (χ3v) is 5.79. The molecular formula is C15H17N5O3S2. The van der Waals surface area contributed by atoms with Crippen LogP contribution < -0.4 is 5.56 Å². The van der Waals surface area contributed by atoms with Gasteiger partial charge >= 0.3 is 5.97 Å². The van der Waals surface area contributed by atoms with Crippen LogP contribution in [-0.2, 0) is 10.5 Å². The molecule has 1 N–H and O–H groups in total. The van der Waals surface area contributed by atoms with Gasteiger partial charge in [-0.15, -0.1) is 21.5 Å². The predicted octanol–water partition coefficient (Wildman–Crippen LogP) is 2.54. The summed E-state index contributed by atoms with van der Waals surface area (Å²) in [4.78, 5) is 32.4. The van der Waals surface area contributed by atoms with Crippen LogP contribution >= 0.6 is 23.1 Å². The Labute approximate surface area is 151 Å². The van der Waals surface area contributed by atoms with Crippen LogP contribution in [0.25, 0.3) is 10.2 Å². The van der Waals surface area contributed by atoms with E-state index < -0.39 is 5.97 Å². The fraction of sp³-hybridized carbons (Fsp3) is 0.400. The van der Waals surface area contributed by atoms with Crippen molar-refractivity contribution in [3.63, 3.8) is 0 Å². The number of esters is 1. The third-order valence-electron chi connectivity index (χ3n) is 3.65. The van der Waals surface area contributed by atoms with Crippen molar-refractivity contribution < 1.29 is 9.53 Å². The van der Waals surface area contributed by atoms with E-state index in [0.29, 0.717) is 32.2 Å². The number of carbonyl (C=O) groups excluding carboxylic acids is 1. The number of methoxy groups -OCH3 is 1. The summed E-state index contributed by atoms with van der Waals surface area (Å²) in [6, 6.07) is 0.245. The summed E-state index contributed by atoms with van der Waals surface area (Å²) in [6.07, 6.45) is 1.68. The molecule has 0 atom stereocenters. The first-order valence-corrected chi connectivity index (χ1v) is 9.35. The molecule has 0 radical (unpaired) electrons. The van der Waals surface area contributed by atoms with Crippen molar-refractivity contribution in [1.29, 1.82) is 0 Å². The van der Waals surface area contributed by atoms with Gasteiger partial charge in [-0.1, -0.05) is 11.8 Å². The highest BCUT2D eigenvalue weighted by Crippen LogP contribution is 2.28. The Morgan fingerprint density at radius 1 is 1.48 bits per heavy atom. The number of ether oxygens (including phenoxy) is 1. The maximum Gasteiger partial charge on any atom is 0.348 e. The Bertz CT molecular complexity index is 989. The van der Waals surface area contributed by atoms with E-state index in [1.165, 1.54) is 30.2 Å². The first kappa shape index (κ1) is 17.6. The van der Waals surface area contributed by atoms with Gasteiger partial charge in [0.15, 0.2) is 5.16 Å². The van der Waals surface area contributed by atoms with E-state index in [1.54, 1.807) is 13.3 Å². The number of carbonyl (C=O) groups is 1. The van der Waals surface area contributed by atoms with Gasteiger partial charge in [0.05, 0.1) is 18.2 Å². The summed E-state index contributed by atoms with van der Waals surface area (Å²) in [7, 11) is 1.32. The van der Waals surface area contributed by atoms with Crippen LogP contribution in [0.1, 0.15) is 40.9 Å². The number of hydrogen-bond donors (Lipinski definition) is 1. The summed E-state index contributed by atoms with van der Waals surface area (Å²) in [5.74, 6) is 0.514. The number of aryl methyl sites for hydroxylation is 1. The van der Waals surface area contributed by atoms with E-state index >= 15 is 0 Å². The lowest BCUT2D eigenvalue weighted by Gasteiger charge is -2.08. The van der Waals surface area contributed by atoms with Gasteiger partial charge in [0.1, 0.15) is 21.9 Å². The van der Waals surface area contributed by atoms with Crippen molar-refractivity contribution in [3.05, 3.63) is 32.9 Å². The zero-order chi connectivity index (χ0) is 18.1. The SMILES string of the molecule is COC(=O)c1sc2nc(CSc3nncn3C(C)C)[nH]c(=O)c2c1C. The smallest absolute Gasteiger partial charge is 0.348 e. The molecule has 3 aromatic heterocycles. The van der Waals surface area contributed by atoms with Gasteiger partial charge in [0.2, 0.25) is 0 Å². The molecule has 0 unspecified atom stereocenters. The lowest BCUT2D eigenvalue weighted by molar-refractivity contribution is 0.0605. The Hall–Kier alpha value is -2.20. The van der Waals surface area contributed by atoms with Crippen molar-refractivity contribution in [2.24, 2.45) is 0 Å². The highest BCUT2D eigenvalue weighted by molar-refractivity contribution is 7.98. The number of fused-ring (bicyclic) bond motifs is 1. The van der Waals surface area contributed by atoms with Gasteiger partial charge in [-0.2, -0.15) is 0 Å². The van der Waals surface area contributed by atoms with E-state index in [9.17, 15) is 9.59 Å². The Balaban J connectivity index is 1.92. The number of thiophene rings is 1. The lowest BCUT2D eigenvalue weighted by atomic mass is 10.2. The number of hydrogen-bond acceptors (Lipinski definition) is 8. The molecule has 0 bridgehead atoms. The Morgan fingerprint density at radius 3 is 2.92 bits per heavy atom. The Morgan fingerprint density at radius 2 is 2.24 bits per heavy atom. The van der Waals surface area contributed by atoms with Crippen molar-refractivity contribution in [1.82, 2.24) is 24.7 Å². The molecule has 3 aromatic rings. The standard InChI is InChI=1S/C15H17N5O3S2/c1-7(2)20-6-16-19-15(20)24-5-9-17-12(21)10-8(3)11(14(22)23-4)25-13(10)18-9/h6-7H,5H2,1-4H3,(H,17,18,21). The van der Waals surface area contributed by atoms with Crippen molar-refractivity contribution >= 4 is 39.3 Å². The second-order valence-corrected chi connectivity index (χ2v) is 7.59. The highest BCUT2D eigenvalue weighted by Gasteiger charge is 2.20. The largest absolute Gasteiger partial charge is 0.465 e. The second-order valence-electron chi connectivity index (χ2n) is 5.64. The average Bonchev–Trinajstić information content (AvgIpc) is 3.17. The average molecular weight is 379 g/mol. The van der Waals surface area contributed by atoms with E-state index in [2.05, 4.69) is 20.2 Å². The molecule has 25 heavy (non-hydrogen) atoms. The van der Waals surface area contributed by atoms with Gasteiger partial charge in [0.25, 0.3) is 5.56 Å². The molecule has 0 aliphatic rings. The molecule has 0 saturated carbocycles. The van der Waals surface area contributed by atoms with Crippen LogP contribution in [0.3, 0.4) is 0 Å². The minimum Gasteiger partial charge on any atom is -0.465 e. The summed E-state index contributed by atoms with van der Waals surface area (Å²) in [5, 5.41) is 9.20. The van der Waals surface area contributed by atoms with Crippen molar-refractivity contribution in [2.45, 2.75) is 37.7 Å². The molecule has 8 nitrogen and oxygen atoms in total. The fourth-order valence-corrected chi connectivity index (χ4v) is 4.40. The molecule has 0 aliphatic carbocycles. The molecule has 0 spiro atoms. The maximum atomic E-state index is 12.4. The van der Waals surface area contributed by atoms with Gasteiger partial charge in [-0.05, 0) is 26.3 Å². The maximum absolute atomic E-state index is 12.4. The molecule has 0 saturated heterocycles. The zero-order valence-corrected chi connectivity index (χ0v) is 15.8. The van der Waals surface area contributed by atoms with Crippen LogP contribution in [-0.4, -0.2) is 37.8 Å².